The van der Waals surface area contributed by atoms with Gasteiger partial charge in [-0.25, -0.2) is 8.42 Å². The molecule has 0 saturated carbocycles. The molecule has 0 bridgehead atoms. The van der Waals surface area contributed by atoms with Crippen molar-refractivity contribution < 1.29 is 27.5 Å². The quantitative estimate of drug-likeness (QED) is 0.545. The smallest absolute Gasteiger partial charge is 0.289 e. The Morgan fingerprint density at radius 1 is 1.10 bits per heavy atom. The van der Waals surface area contributed by atoms with Gasteiger partial charge in [-0.2, -0.15) is 4.72 Å². The van der Waals surface area contributed by atoms with E-state index in [1.165, 1.54) is 12.1 Å². The number of sulfonamides is 1. The summed E-state index contributed by atoms with van der Waals surface area (Å²) in [7, 11) is -3.94. The second kappa shape index (κ2) is 11.9. The maximum Gasteiger partial charge on any atom is 0.289 e. The van der Waals surface area contributed by atoms with Crippen LogP contribution in [0.1, 0.15) is 39.5 Å². The summed E-state index contributed by atoms with van der Waals surface area (Å²) in [6.07, 6.45) is 2.51. The zero-order valence-electron chi connectivity index (χ0n) is 17.9. The molecule has 2 rings (SSSR count). The number of amides is 2. The fourth-order valence-corrected chi connectivity index (χ4v) is 4.54. The van der Waals surface area contributed by atoms with Gasteiger partial charge >= 0.3 is 0 Å². The number of nitrogens with one attached hydrogen (secondary N) is 3. The van der Waals surface area contributed by atoms with Crippen LogP contribution in [-0.2, 0) is 29.1 Å². The average Bonchev–Trinajstić information content (AvgIpc) is 2.74. The molecular weight excluding hydrogens is 422 g/mol. The first-order valence-corrected chi connectivity index (χ1v) is 12.0. The zero-order chi connectivity index (χ0) is 22.9. The van der Waals surface area contributed by atoms with Gasteiger partial charge in [-0.1, -0.05) is 44.9 Å². The third-order valence-electron chi connectivity index (χ3n) is 4.95. The number of Topliss-reactive ketones (excluding diaryl/α,β-unsaturated/α-hetero) is 1. The maximum absolute atomic E-state index is 12.9. The molecular formula is C21H31N3O6S. The van der Waals surface area contributed by atoms with Crippen molar-refractivity contribution in [3.63, 3.8) is 0 Å². The van der Waals surface area contributed by atoms with E-state index in [0.717, 1.165) is 12.8 Å². The van der Waals surface area contributed by atoms with Gasteiger partial charge in [0, 0.05) is 13.2 Å². The Morgan fingerprint density at radius 3 is 2.48 bits per heavy atom. The van der Waals surface area contributed by atoms with E-state index < -0.39 is 39.7 Å². The van der Waals surface area contributed by atoms with Crippen LogP contribution in [0.25, 0.3) is 0 Å². The molecule has 1 saturated heterocycles. The highest BCUT2D eigenvalue weighted by Crippen LogP contribution is 2.13. The van der Waals surface area contributed by atoms with Gasteiger partial charge in [0.05, 0.1) is 17.5 Å². The molecule has 2 atom stereocenters. The van der Waals surface area contributed by atoms with E-state index in [1.54, 1.807) is 32.0 Å². The van der Waals surface area contributed by atoms with Crippen LogP contribution in [0.2, 0.25) is 0 Å². The zero-order valence-corrected chi connectivity index (χ0v) is 18.7. The number of ketones is 1. The summed E-state index contributed by atoms with van der Waals surface area (Å²) in [4.78, 5) is 37.7. The Balaban J connectivity index is 2.14. The van der Waals surface area contributed by atoms with E-state index in [1.807, 2.05) is 0 Å². The lowest BCUT2D eigenvalue weighted by Gasteiger charge is -2.25. The van der Waals surface area contributed by atoms with Crippen LogP contribution in [-0.4, -0.2) is 57.9 Å². The summed E-state index contributed by atoms with van der Waals surface area (Å²) in [5, 5.41) is 5.09. The molecule has 2 unspecified atom stereocenters. The SMILES string of the molecule is CC(C)C(NS(=O)(=O)c1ccccc1)C(=O)NC1CCCCCOCCNC(=O)C1=O. The fraction of sp³-hybridized carbons (Fsp3) is 0.571. The summed E-state index contributed by atoms with van der Waals surface area (Å²) in [5.74, 6) is -2.57. The van der Waals surface area contributed by atoms with Crippen LogP contribution in [0.4, 0.5) is 0 Å². The predicted molar refractivity (Wildman–Crippen MR) is 115 cm³/mol. The Kier molecular flexibility index (Phi) is 9.60. The van der Waals surface area contributed by atoms with E-state index >= 15 is 0 Å². The topological polar surface area (TPSA) is 131 Å². The summed E-state index contributed by atoms with van der Waals surface area (Å²) in [5.41, 5.74) is 0. The fourth-order valence-electron chi connectivity index (χ4n) is 3.17. The molecule has 1 aromatic rings. The van der Waals surface area contributed by atoms with Gasteiger partial charge in [-0.15, -0.1) is 0 Å². The molecule has 1 aliphatic heterocycles. The van der Waals surface area contributed by atoms with Crippen molar-refractivity contribution in [1.82, 2.24) is 15.4 Å². The molecule has 1 heterocycles. The van der Waals surface area contributed by atoms with Crippen LogP contribution in [0.3, 0.4) is 0 Å². The second-order valence-electron chi connectivity index (χ2n) is 7.80. The van der Waals surface area contributed by atoms with Crippen molar-refractivity contribution in [3.05, 3.63) is 30.3 Å². The van der Waals surface area contributed by atoms with E-state index in [2.05, 4.69) is 15.4 Å². The number of carbonyl (C=O) groups excluding carboxylic acids is 3. The Bertz CT molecular complexity index is 857. The molecule has 172 valence electrons. The van der Waals surface area contributed by atoms with Crippen molar-refractivity contribution >= 4 is 27.6 Å². The number of carbonyl (C=O) groups is 3. The minimum absolute atomic E-state index is 0.0390. The summed E-state index contributed by atoms with van der Waals surface area (Å²) in [6, 6.07) is 5.62. The molecule has 0 spiro atoms. The molecule has 1 aromatic carbocycles. The van der Waals surface area contributed by atoms with Gasteiger partial charge < -0.3 is 15.4 Å². The summed E-state index contributed by atoms with van der Waals surface area (Å²) in [6.45, 7) is 4.49. The molecule has 1 fully saturated rings. The Labute approximate surface area is 183 Å². The first kappa shape index (κ1) is 25.0. The highest BCUT2D eigenvalue weighted by atomic mass is 32.2. The Morgan fingerprint density at radius 2 is 1.81 bits per heavy atom. The highest BCUT2D eigenvalue weighted by Gasteiger charge is 2.33. The van der Waals surface area contributed by atoms with E-state index in [0.29, 0.717) is 19.6 Å². The van der Waals surface area contributed by atoms with Crippen molar-refractivity contribution in [3.8, 4) is 0 Å². The maximum atomic E-state index is 12.9. The van der Waals surface area contributed by atoms with Crippen molar-refractivity contribution in [2.24, 2.45) is 5.92 Å². The summed E-state index contributed by atoms with van der Waals surface area (Å²) >= 11 is 0. The third-order valence-corrected chi connectivity index (χ3v) is 6.41. The van der Waals surface area contributed by atoms with Crippen LogP contribution >= 0.6 is 0 Å². The standard InChI is InChI=1S/C21H31N3O6S/c1-15(2)18(24-31(28,29)16-9-5-3-6-10-16)20(26)23-17-11-7-4-8-13-30-14-12-22-21(27)19(17)25/h3,5-6,9-10,15,17-18,24H,4,7-8,11-14H2,1-2H3,(H,22,27)(H,23,26). The van der Waals surface area contributed by atoms with Gasteiger partial charge in [0.2, 0.25) is 21.7 Å². The molecule has 9 nitrogen and oxygen atoms in total. The molecule has 2 amide bonds. The van der Waals surface area contributed by atoms with E-state index in [-0.39, 0.29) is 23.8 Å². The minimum atomic E-state index is -3.94. The number of hydrogen-bond donors (Lipinski definition) is 3. The lowest BCUT2D eigenvalue weighted by Crippen LogP contribution is -2.55. The molecule has 10 heteroatoms. The number of ether oxygens (including phenoxy) is 1. The van der Waals surface area contributed by atoms with Gasteiger partial charge in [0.1, 0.15) is 6.04 Å². The lowest BCUT2D eigenvalue weighted by molar-refractivity contribution is -0.140. The number of rotatable bonds is 6. The molecule has 31 heavy (non-hydrogen) atoms. The van der Waals surface area contributed by atoms with Gasteiger partial charge in [0.15, 0.2) is 0 Å². The first-order chi connectivity index (χ1) is 14.7. The Hall–Kier alpha value is -2.30. The third kappa shape index (κ3) is 7.71. The van der Waals surface area contributed by atoms with E-state index in [9.17, 15) is 22.8 Å². The van der Waals surface area contributed by atoms with Crippen LogP contribution in [0.15, 0.2) is 35.2 Å². The first-order valence-electron chi connectivity index (χ1n) is 10.5. The van der Waals surface area contributed by atoms with Crippen LogP contribution in [0, 0.1) is 5.92 Å². The predicted octanol–water partition coefficient (Wildman–Crippen LogP) is 0.750. The van der Waals surface area contributed by atoms with Gasteiger partial charge in [-0.05, 0) is 30.9 Å². The number of benzene rings is 1. The van der Waals surface area contributed by atoms with Crippen LogP contribution in [0.5, 0.6) is 0 Å². The second-order valence-corrected chi connectivity index (χ2v) is 9.51. The molecule has 3 N–H and O–H groups in total. The van der Waals surface area contributed by atoms with Crippen LogP contribution < -0.4 is 15.4 Å². The molecule has 0 aromatic heterocycles. The monoisotopic (exact) mass is 453 g/mol. The average molecular weight is 454 g/mol. The molecule has 0 radical (unpaired) electrons. The highest BCUT2D eigenvalue weighted by molar-refractivity contribution is 7.89. The lowest BCUT2D eigenvalue weighted by atomic mass is 10.0. The van der Waals surface area contributed by atoms with Gasteiger partial charge in [-0.3, -0.25) is 14.4 Å². The van der Waals surface area contributed by atoms with E-state index in [4.69, 9.17) is 4.74 Å². The van der Waals surface area contributed by atoms with Crippen molar-refractivity contribution in [2.75, 3.05) is 19.8 Å². The van der Waals surface area contributed by atoms with Crippen molar-refractivity contribution in [2.45, 2.75) is 56.5 Å². The van der Waals surface area contributed by atoms with Gasteiger partial charge in [0.25, 0.3) is 5.91 Å². The van der Waals surface area contributed by atoms with Crippen molar-refractivity contribution in [1.29, 1.82) is 0 Å². The molecule has 0 aliphatic carbocycles. The molecule has 1 aliphatic rings. The largest absolute Gasteiger partial charge is 0.380 e. The minimum Gasteiger partial charge on any atom is -0.380 e. The normalized spacial score (nSPS) is 20.3. The summed E-state index contributed by atoms with van der Waals surface area (Å²) < 4.78 is 33.1. The number of hydrogen-bond acceptors (Lipinski definition) is 6.